The van der Waals surface area contributed by atoms with Gasteiger partial charge in [-0.2, -0.15) is 13.2 Å². The fourth-order valence-corrected chi connectivity index (χ4v) is 3.26. The first-order valence-corrected chi connectivity index (χ1v) is 7.15. The van der Waals surface area contributed by atoms with Crippen molar-refractivity contribution in [1.29, 1.82) is 0 Å². The molecule has 0 unspecified atom stereocenters. The molecule has 2 fully saturated rings. The van der Waals surface area contributed by atoms with E-state index in [1.54, 1.807) is 4.90 Å². The molecule has 132 valence electrons. The van der Waals surface area contributed by atoms with Gasteiger partial charge in [0.25, 0.3) is 0 Å². The van der Waals surface area contributed by atoms with E-state index in [1.807, 2.05) is 0 Å². The number of piperazine rings is 1. The zero-order valence-corrected chi connectivity index (χ0v) is 14.0. The van der Waals surface area contributed by atoms with E-state index in [-0.39, 0.29) is 43.8 Å². The quantitative estimate of drug-likeness (QED) is 0.832. The highest BCUT2D eigenvalue weighted by Gasteiger charge is 2.43. The molecule has 1 heterocycles. The normalized spacial score (nSPS) is 21.9. The molecule has 9 heteroatoms. The third-order valence-electron chi connectivity index (χ3n) is 4.47. The number of carbonyl (C=O) groups excluding carboxylic acids is 1. The van der Waals surface area contributed by atoms with Gasteiger partial charge in [0.15, 0.2) is 0 Å². The maximum atomic E-state index is 12.6. The van der Waals surface area contributed by atoms with Crippen LogP contribution in [0.5, 0.6) is 0 Å². The molecule has 2 aliphatic rings. The molecule has 1 aliphatic heterocycles. The van der Waals surface area contributed by atoms with E-state index < -0.39 is 18.1 Å². The van der Waals surface area contributed by atoms with Crippen molar-refractivity contribution in [3.8, 4) is 0 Å². The largest absolute Gasteiger partial charge is 0.401 e. The number of alkyl halides is 3. The Kier molecular flexibility index (Phi) is 8.47. The standard InChI is InChI=1S/C13H22F3N3O.2ClH/c14-13(15,16)10-18-5-7-19(8-6-18)11(20)12(9-17)3-1-2-4-12;;/h1-10,17H2;2*1H. The van der Waals surface area contributed by atoms with Gasteiger partial charge in [0, 0.05) is 32.7 Å². The maximum Gasteiger partial charge on any atom is 0.401 e. The first-order valence-electron chi connectivity index (χ1n) is 7.15. The van der Waals surface area contributed by atoms with Crippen LogP contribution in [0, 0.1) is 5.41 Å². The lowest BCUT2D eigenvalue weighted by Gasteiger charge is -2.39. The fraction of sp³-hybridized carbons (Fsp3) is 0.923. The first-order chi connectivity index (χ1) is 9.36. The first kappa shape index (κ1) is 21.8. The molecule has 2 rings (SSSR count). The molecule has 22 heavy (non-hydrogen) atoms. The number of rotatable bonds is 3. The molecule has 1 saturated carbocycles. The molecular weight excluding hydrogens is 342 g/mol. The van der Waals surface area contributed by atoms with Crippen molar-refractivity contribution in [3.63, 3.8) is 0 Å². The molecule has 0 aromatic rings. The van der Waals surface area contributed by atoms with Crippen molar-refractivity contribution >= 4 is 30.7 Å². The van der Waals surface area contributed by atoms with E-state index >= 15 is 0 Å². The summed E-state index contributed by atoms with van der Waals surface area (Å²) in [6.45, 7) is 0.761. The van der Waals surface area contributed by atoms with Gasteiger partial charge < -0.3 is 10.6 Å². The SMILES string of the molecule is Cl.Cl.NCC1(C(=O)N2CCN(CC(F)(F)F)CC2)CCCC1. The Bertz CT molecular complexity index is 355. The number of hydrogen-bond donors (Lipinski definition) is 1. The highest BCUT2D eigenvalue weighted by molar-refractivity contribution is 5.85. The van der Waals surface area contributed by atoms with E-state index in [0.717, 1.165) is 25.7 Å². The Hall–Kier alpha value is -0.240. The molecule has 0 spiro atoms. The lowest BCUT2D eigenvalue weighted by molar-refractivity contribution is -0.154. The van der Waals surface area contributed by atoms with Crippen molar-refractivity contribution in [1.82, 2.24) is 9.80 Å². The highest BCUT2D eigenvalue weighted by atomic mass is 35.5. The van der Waals surface area contributed by atoms with Crippen LogP contribution in [0.4, 0.5) is 13.2 Å². The zero-order chi connectivity index (χ0) is 14.8. The predicted octanol–water partition coefficient (Wildman–Crippen LogP) is 2.06. The van der Waals surface area contributed by atoms with Crippen LogP contribution in [0.3, 0.4) is 0 Å². The van der Waals surface area contributed by atoms with Gasteiger partial charge in [0.2, 0.25) is 5.91 Å². The molecule has 4 nitrogen and oxygen atoms in total. The number of nitrogens with two attached hydrogens (primary N) is 1. The summed E-state index contributed by atoms with van der Waals surface area (Å²) in [5.74, 6) is 0.0455. The van der Waals surface area contributed by atoms with Crippen LogP contribution in [-0.2, 0) is 4.79 Å². The Morgan fingerprint density at radius 2 is 1.55 bits per heavy atom. The number of nitrogens with zero attached hydrogens (tertiary/aromatic N) is 2. The smallest absolute Gasteiger partial charge is 0.340 e. The van der Waals surface area contributed by atoms with Crippen molar-refractivity contribution in [2.75, 3.05) is 39.3 Å². The summed E-state index contributed by atoms with van der Waals surface area (Å²) in [5.41, 5.74) is 5.33. The van der Waals surface area contributed by atoms with Gasteiger partial charge in [-0.1, -0.05) is 12.8 Å². The molecule has 1 saturated heterocycles. The molecule has 1 aliphatic carbocycles. The van der Waals surface area contributed by atoms with Gasteiger partial charge in [-0.05, 0) is 12.8 Å². The van der Waals surface area contributed by atoms with Gasteiger partial charge in [0.1, 0.15) is 0 Å². The molecule has 1 amide bonds. The number of carbonyl (C=O) groups is 1. The van der Waals surface area contributed by atoms with Crippen LogP contribution in [0.15, 0.2) is 0 Å². The van der Waals surface area contributed by atoms with Crippen LogP contribution in [0.1, 0.15) is 25.7 Å². The number of hydrogen-bond acceptors (Lipinski definition) is 3. The van der Waals surface area contributed by atoms with Crippen LogP contribution < -0.4 is 5.73 Å². The highest BCUT2D eigenvalue weighted by Crippen LogP contribution is 2.39. The van der Waals surface area contributed by atoms with E-state index in [1.165, 1.54) is 4.90 Å². The summed E-state index contributed by atoms with van der Waals surface area (Å²) in [7, 11) is 0. The summed E-state index contributed by atoms with van der Waals surface area (Å²) in [4.78, 5) is 15.6. The summed E-state index contributed by atoms with van der Waals surface area (Å²) in [6.07, 6.45) is -0.528. The van der Waals surface area contributed by atoms with Crippen LogP contribution in [0.25, 0.3) is 0 Å². The molecule has 0 atom stereocenters. The Morgan fingerprint density at radius 1 is 1.05 bits per heavy atom. The van der Waals surface area contributed by atoms with Crippen LogP contribution in [0.2, 0.25) is 0 Å². The Morgan fingerprint density at radius 3 is 1.95 bits per heavy atom. The lowest BCUT2D eigenvalue weighted by Crippen LogP contribution is -2.55. The minimum Gasteiger partial charge on any atom is -0.340 e. The average molecular weight is 366 g/mol. The van der Waals surface area contributed by atoms with Gasteiger partial charge >= 0.3 is 6.18 Å². The van der Waals surface area contributed by atoms with Crippen molar-refractivity contribution in [2.24, 2.45) is 11.1 Å². The van der Waals surface area contributed by atoms with Crippen molar-refractivity contribution in [3.05, 3.63) is 0 Å². The molecule has 0 bridgehead atoms. The number of halogens is 5. The summed E-state index contributed by atoms with van der Waals surface area (Å²) in [6, 6.07) is 0. The van der Waals surface area contributed by atoms with Gasteiger partial charge in [-0.3, -0.25) is 9.69 Å². The van der Waals surface area contributed by atoms with Crippen LogP contribution >= 0.6 is 24.8 Å². The van der Waals surface area contributed by atoms with E-state index in [9.17, 15) is 18.0 Å². The summed E-state index contributed by atoms with van der Waals surface area (Å²) in [5, 5.41) is 0. The monoisotopic (exact) mass is 365 g/mol. The second-order valence-electron chi connectivity index (χ2n) is 5.88. The van der Waals surface area contributed by atoms with Crippen molar-refractivity contribution < 1.29 is 18.0 Å². The lowest BCUT2D eigenvalue weighted by atomic mass is 9.84. The molecular formula is C13H24Cl2F3N3O. The molecule has 0 aromatic carbocycles. The number of amides is 1. The third kappa shape index (κ3) is 5.15. The molecule has 0 aromatic heterocycles. The zero-order valence-electron chi connectivity index (χ0n) is 12.4. The van der Waals surface area contributed by atoms with Gasteiger partial charge in [-0.15, -0.1) is 24.8 Å². The minimum absolute atomic E-state index is 0. The summed E-state index contributed by atoms with van der Waals surface area (Å²) < 4.78 is 37.0. The average Bonchev–Trinajstić information content (AvgIpc) is 2.87. The topological polar surface area (TPSA) is 49.6 Å². The minimum atomic E-state index is -4.17. The fourth-order valence-electron chi connectivity index (χ4n) is 3.26. The van der Waals surface area contributed by atoms with E-state index in [4.69, 9.17) is 5.73 Å². The Labute approximate surface area is 141 Å². The van der Waals surface area contributed by atoms with E-state index in [0.29, 0.717) is 19.6 Å². The van der Waals surface area contributed by atoms with E-state index in [2.05, 4.69) is 0 Å². The molecule has 2 N–H and O–H groups in total. The predicted molar refractivity (Wildman–Crippen MR) is 83.5 cm³/mol. The molecule has 0 radical (unpaired) electrons. The summed E-state index contributed by atoms with van der Waals surface area (Å²) >= 11 is 0. The second kappa shape index (κ2) is 8.57. The second-order valence-corrected chi connectivity index (χ2v) is 5.88. The third-order valence-corrected chi connectivity index (χ3v) is 4.47. The maximum absolute atomic E-state index is 12.6. The van der Waals surface area contributed by atoms with Crippen LogP contribution in [-0.4, -0.2) is 61.2 Å². The van der Waals surface area contributed by atoms with Crippen molar-refractivity contribution in [2.45, 2.75) is 31.9 Å². The Balaban J connectivity index is 0.00000220. The van der Waals surface area contributed by atoms with Gasteiger partial charge in [0.05, 0.1) is 12.0 Å². The van der Waals surface area contributed by atoms with Gasteiger partial charge in [-0.25, -0.2) is 0 Å².